The van der Waals surface area contributed by atoms with Gasteiger partial charge >= 0.3 is 0 Å². The Hall–Kier alpha value is -2.09. The SMILES string of the molecule is Cc1cc(C)n2c(-c3ccc(C(C)C)cc3)cnc2c1. The van der Waals surface area contributed by atoms with E-state index in [2.05, 4.69) is 73.5 Å². The number of benzene rings is 1. The molecule has 0 atom stereocenters. The van der Waals surface area contributed by atoms with Gasteiger partial charge in [0, 0.05) is 11.3 Å². The normalized spacial score (nSPS) is 11.4. The zero-order valence-corrected chi connectivity index (χ0v) is 12.5. The first-order valence-corrected chi connectivity index (χ1v) is 7.11. The van der Waals surface area contributed by atoms with Crippen LogP contribution in [0.15, 0.2) is 42.6 Å². The molecular formula is C18H20N2. The van der Waals surface area contributed by atoms with Crippen LogP contribution in [0.25, 0.3) is 16.9 Å². The van der Waals surface area contributed by atoms with Crippen LogP contribution in [0.3, 0.4) is 0 Å². The topological polar surface area (TPSA) is 17.3 Å². The molecule has 2 heterocycles. The zero-order chi connectivity index (χ0) is 14.3. The van der Waals surface area contributed by atoms with E-state index < -0.39 is 0 Å². The molecule has 2 heteroatoms. The summed E-state index contributed by atoms with van der Waals surface area (Å²) in [6, 6.07) is 13.1. The molecule has 20 heavy (non-hydrogen) atoms. The van der Waals surface area contributed by atoms with E-state index in [1.165, 1.54) is 22.4 Å². The molecule has 3 aromatic rings. The van der Waals surface area contributed by atoms with Crippen molar-refractivity contribution in [3.8, 4) is 11.3 Å². The van der Waals surface area contributed by atoms with Gasteiger partial charge in [0.05, 0.1) is 11.9 Å². The Bertz CT molecular complexity index is 749. The lowest BCUT2D eigenvalue weighted by Gasteiger charge is -2.09. The molecule has 2 nitrogen and oxygen atoms in total. The van der Waals surface area contributed by atoms with E-state index in [4.69, 9.17) is 0 Å². The lowest BCUT2D eigenvalue weighted by molar-refractivity contribution is 0.867. The molecule has 0 radical (unpaired) electrons. The molecule has 1 aromatic carbocycles. The van der Waals surface area contributed by atoms with Crippen molar-refractivity contribution in [3.63, 3.8) is 0 Å². The van der Waals surface area contributed by atoms with E-state index in [1.807, 2.05) is 6.20 Å². The van der Waals surface area contributed by atoms with Gasteiger partial charge in [0.15, 0.2) is 0 Å². The Balaban J connectivity index is 2.15. The second kappa shape index (κ2) is 4.78. The average molecular weight is 264 g/mol. The predicted octanol–water partition coefficient (Wildman–Crippen LogP) is 4.74. The van der Waals surface area contributed by atoms with Crippen LogP contribution in [0.1, 0.15) is 36.6 Å². The third-order valence-electron chi connectivity index (χ3n) is 3.81. The molecular weight excluding hydrogens is 244 g/mol. The second-order valence-corrected chi connectivity index (χ2v) is 5.79. The molecule has 0 spiro atoms. The monoisotopic (exact) mass is 264 g/mol. The third kappa shape index (κ3) is 2.11. The van der Waals surface area contributed by atoms with Crippen LogP contribution < -0.4 is 0 Å². The summed E-state index contributed by atoms with van der Waals surface area (Å²) in [5, 5.41) is 0. The first-order valence-electron chi connectivity index (χ1n) is 7.11. The molecule has 102 valence electrons. The first kappa shape index (κ1) is 12.9. The molecule has 0 saturated heterocycles. The van der Waals surface area contributed by atoms with Gasteiger partial charge in [-0.3, -0.25) is 4.40 Å². The van der Waals surface area contributed by atoms with Crippen LogP contribution in [-0.4, -0.2) is 9.38 Å². The van der Waals surface area contributed by atoms with E-state index >= 15 is 0 Å². The number of aromatic nitrogens is 2. The Labute approximate surface area is 120 Å². The van der Waals surface area contributed by atoms with Gasteiger partial charge in [-0.1, -0.05) is 38.1 Å². The van der Waals surface area contributed by atoms with Crippen molar-refractivity contribution in [1.29, 1.82) is 0 Å². The second-order valence-electron chi connectivity index (χ2n) is 5.79. The van der Waals surface area contributed by atoms with E-state index in [1.54, 1.807) is 0 Å². The number of pyridine rings is 1. The molecule has 3 rings (SSSR count). The van der Waals surface area contributed by atoms with Crippen molar-refractivity contribution in [2.24, 2.45) is 0 Å². The van der Waals surface area contributed by atoms with Crippen molar-refractivity contribution in [1.82, 2.24) is 9.38 Å². The molecule has 0 fully saturated rings. The van der Waals surface area contributed by atoms with Crippen LogP contribution in [0.5, 0.6) is 0 Å². The minimum Gasteiger partial charge on any atom is -0.297 e. The first-order chi connectivity index (χ1) is 9.56. The van der Waals surface area contributed by atoms with E-state index in [9.17, 15) is 0 Å². The van der Waals surface area contributed by atoms with Gasteiger partial charge in [-0.2, -0.15) is 0 Å². The molecule has 0 bridgehead atoms. The van der Waals surface area contributed by atoms with Crippen molar-refractivity contribution < 1.29 is 0 Å². The summed E-state index contributed by atoms with van der Waals surface area (Å²) >= 11 is 0. The maximum Gasteiger partial charge on any atom is 0.137 e. The predicted molar refractivity (Wildman–Crippen MR) is 84.2 cm³/mol. The van der Waals surface area contributed by atoms with Gasteiger partial charge in [0.2, 0.25) is 0 Å². The van der Waals surface area contributed by atoms with E-state index in [0.29, 0.717) is 5.92 Å². The summed E-state index contributed by atoms with van der Waals surface area (Å²) in [4.78, 5) is 4.54. The highest BCUT2D eigenvalue weighted by molar-refractivity contribution is 5.65. The fourth-order valence-electron chi connectivity index (χ4n) is 2.72. The zero-order valence-electron chi connectivity index (χ0n) is 12.5. The van der Waals surface area contributed by atoms with Gasteiger partial charge in [-0.25, -0.2) is 4.98 Å². The molecule has 0 aliphatic carbocycles. The smallest absolute Gasteiger partial charge is 0.137 e. The fourth-order valence-corrected chi connectivity index (χ4v) is 2.72. The van der Waals surface area contributed by atoms with Gasteiger partial charge in [0.25, 0.3) is 0 Å². The Morgan fingerprint density at radius 1 is 1.00 bits per heavy atom. The summed E-state index contributed by atoms with van der Waals surface area (Å²) in [5.41, 5.74) is 7.24. The quantitative estimate of drug-likeness (QED) is 0.653. The van der Waals surface area contributed by atoms with Crippen LogP contribution >= 0.6 is 0 Å². The molecule has 0 amide bonds. The Morgan fingerprint density at radius 2 is 1.70 bits per heavy atom. The van der Waals surface area contributed by atoms with Crippen molar-refractivity contribution in [2.75, 3.05) is 0 Å². The molecule has 0 aliphatic rings. The number of hydrogen-bond acceptors (Lipinski definition) is 1. The van der Waals surface area contributed by atoms with Crippen molar-refractivity contribution >= 4 is 5.65 Å². The number of aryl methyl sites for hydroxylation is 2. The lowest BCUT2D eigenvalue weighted by Crippen LogP contribution is -1.95. The molecule has 0 aliphatic heterocycles. The van der Waals surface area contributed by atoms with Crippen molar-refractivity contribution in [2.45, 2.75) is 33.6 Å². The van der Waals surface area contributed by atoms with E-state index in [0.717, 1.165) is 11.3 Å². The van der Waals surface area contributed by atoms with Crippen molar-refractivity contribution in [3.05, 3.63) is 59.4 Å². The standard InChI is InChI=1S/C18H20N2/c1-12(2)15-5-7-16(8-6-15)17-11-19-18-10-13(3)9-14(4)20(17)18/h5-12H,1-4H3. The molecule has 0 saturated carbocycles. The highest BCUT2D eigenvalue weighted by Crippen LogP contribution is 2.25. The molecule has 0 unspecified atom stereocenters. The van der Waals surface area contributed by atoms with Crippen LogP contribution in [0.4, 0.5) is 0 Å². The highest BCUT2D eigenvalue weighted by Gasteiger charge is 2.09. The minimum atomic E-state index is 0.565. The summed E-state index contributed by atoms with van der Waals surface area (Å²) in [7, 11) is 0. The number of fused-ring (bicyclic) bond motifs is 1. The maximum atomic E-state index is 4.54. The van der Waals surface area contributed by atoms with Gasteiger partial charge in [-0.15, -0.1) is 0 Å². The summed E-state index contributed by atoms with van der Waals surface area (Å²) in [6.07, 6.45) is 1.96. The molecule has 0 N–H and O–H groups in total. The largest absolute Gasteiger partial charge is 0.297 e. The lowest BCUT2D eigenvalue weighted by atomic mass is 10.0. The number of rotatable bonds is 2. The van der Waals surface area contributed by atoms with E-state index in [-0.39, 0.29) is 0 Å². The Kier molecular flexibility index (Phi) is 3.09. The number of hydrogen-bond donors (Lipinski definition) is 0. The molecule has 2 aromatic heterocycles. The number of nitrogens with zero attached hydrogens (tertiary/aromatic N) is 2. The minimum absolute atomic E-state index is 0.565. The van der Waals surface area contributed by atoms with Gasteiger partial charge in [0.1, 0.15) is 5.65 Å². The summed E-state index contributed by atoms with van der Waals surface area (Å²) < 4.78 is 2.22. The average Bonchev–Trinajstić information content (AvgIpc) is 2.82. The number of imidazole rings is 1. The highest BCUT2D eigenvalue weighted by atomic mass is 15.0. The van der Waals surface area contributed by atoms with Crippen LogP contribution in [0.2, 0.25) is 0 Å². The van der Waals surface area contributed by atoms with Gasteiger partial charge < -0.3 is 0 Å². The summed E-state index contributed by atoms with van der Waals surface area (Å²) in [6.45, 7) is 8.68. The van der Waals surface area contributed by atoms with Crippen LogP contribution in [0, 0.1) is 13.8 Å². The van der Waals surface area contributed by atoms with Gasteiger partial charge in [-0.05, 0) is 43.0 Å². The fraction of sp³-hybridized carbons (Fsp3) is 0.278. The third-order valence-corrected chi connectivity index (χ3v) is 3.81. The summed E-state index contributed by atoms with van der Waals surface area (Å²) in [5.74, 6) is 0.565. The van der Waals surface area contributed by atoms with Crippen LogP contribution in [-0.2, 0) is 0 Å². The Morgan fingerprint density at radius 3 is 2.35 bits per heavy atom. The maximum absolute atomic E-state index is 4.54.